The summed E-state index contributed by atoms with van der Waals surface area (Å²) in [5.74, 6) is 2.56. The number of nitrogens with one attached hydrogen (secondary N) is 1. The van der Waals surface area contributed by atoms with Gasteiger partial charge in [0.15, 0.2) is 5.96 Å². The van der Waals surface area contributed by atoms with Gasteiger partial charge in [-0.3, -0.25) is 4.99 Å². The monoisotopic (exact) mass is 281 g/mol. The summed E-state index contributed by atoms with van der Waals surface area (Å²) >= 11 is 5.69. The van der Waals surface area contributed by atoms with Crippen molar-refractivity contribution in [3.05, 3.63) is 34.6 Å². The van der Waals surface area contributed by atoms with Gasteiger partial charge in [0.25, 0.3) is 0 Å². The van der Waals surface area contributed by atoms with E-state index in [2.05, 4.69) is 16.2 Å². The Hall–Kier alpha value is -1.73. The number of nitrogens with two attached hydrogens (primary N) is 1. The van der Waals surface area contributed by atoms with Crippen LogP contribution in [0.25, 0.3) is 0 Å². The van der Waals surface area contributed by atoms with E-state index in [0.29, 0.717) is 23.0 Å². The highest BCUT2D eigenvalue weighted by Crippen LogP contribution is 2.20. The summed E-state index contributed by atoms with van der Waals surface area (Å²) in [5.41, 5.74) is 6.03. The second kappa shape index (κ2) is 7.01. The van der Waals surface area contributed by atoms with E-state index in [1.165, 1.54) is 12.1 Å². The van der Waals surface area contributed by atoms with Crippen LogP contribution in [0.15, 0.2) is 23.2 Å². The molecule has 0 spiro atoms. The van der Waals surface area contributed by atoms with E-state index in [9.17, 15) is 4.39 Å². The Morgan fingerprint density at radius 3 is 2.79 bits per heavy atom. The van der Waals surface area contributed by atoms with E-state index in [-0.39, 0.29) is 5.96 Å². The molecule has 0 aliphatic carbocycles. The zero-order valence-corrected chi connectivity index (χ0v) is 11.7. The Kier molecular flexibility index (Phi) is 5.65. The van der Waals surface area contributed by atoms with Crippen LogP contribution in [-0.2, 0) is 0 Å². The molecule has 0 heterocycles. The molecule has 19 heavy (non-hydrogen) atoms. The molecule has 0 saturated carbocycles. The van der Waals surface area contributed by atoms with Crippen molar-refractivity contribution in [2.75, 3.05) is 6.54 Å². The molecular weight excluding hydrogens is 265 g/mol. The van der Waals surface area contributed by atoms with Crippen LogP contribution in [0.2, 0.25) is 5.02 Å². The van der Waals surface area contributed by atoms with Gasteiger partial charge in [-0.15, -0.1) is 6.42 Å². The zero-order valence-electron chi connectivity index (χ0n) is 11.0. The van der Waals surface area contributed by atoms with E-state index in [1.54, 1.807) is 6.07 Å². The molecule has 3 nitrogen and oxygen atoms in total. The summed E-state index contributed by atoms with van der Waals surface area (Å²) in [7, 11) is 0. The van der Waals surface area contributed by atoms with Crippen LogP contribution in [0.5, 0.6) is 0 Å². The maximum Gasteiger partial charge on any atom is 0.189 e. The Labute approximate surface area is 118 Å². The molecule has 5 heteroatoms. The van der Waals surface area contributed by atoms with Crippen LogP contribution in [0, 0.1) is 24.1 Å². The number of benzene rings is 1. The molecule has 0 bridgehead atoms. The van der Waals surface area contributed by atoms with Crippen LogP contribution in [0.3, 0.4) is 0 Å². The molecule has 0 radical (unpaired) electrons. The van der Waals surface area contributed by atoms with E-state index in [0.717, 1.165) is 0 Å². The fourth-order valence-corrected chi connectivity index (χ4v) is 1.58. The third-order valence-corrected chi connectivity index (χ3v) is 2.59. The minimum atomic E-state index is -0.673. The van der Waals surface area contributed by atoms with Crippen LogP contribution in [0.4, 0.5) is 4.39 Å². The zero-order chi connectivity index (χ0) is 14.4. The lowest BCUT2D eigenvalue weighted by atomic mass is 10.1. The number of guanidine groups is 1. The van der Waals surface area contributed by atoms with Crippen molar-refractivity contribution in [2.24, 2.45) is 16.6 Å². The highest BCUT2D eigenvalue weighted by molar-refractivity contribution is 6.30. The van der Waals surface area contributed by atoms with Gasteiger partial charge in [0, 0.05) is 17.1 Å². The molecule has 3 N–H and O–H groups in total. The first-order chi connectivity index (χ1) is 8.93. The maximum atomic E-state index is 13.8. The van der Waals surface area contributed by atoms with Crippen LogP contribution < -0.4 is 11.1 Å². The molecule has 0 aliphatic rings. The predicted octanol–water partition coefficient (Wildman–Crippen LogP) is 2.71. The smallest absolute Gasteiger partial charge is 0.189 e. The third kappa shape index (κ3) is 4.80. The summed E-state index contributed by atoms with van der Waals surface area (Å²) in [5, 5.41) is 3.13. The molecule has 0 amide bonds. The molecule has 0 saturated heterocycles. The lowest BCUT2D eigenvalue weighted by Gasteiger charge is -2.15. The van der Waals surface area contributed by atoms with E-state index < -0.39 is 11.9 Å². The lowest BCUT2D eigenvalue weighted by Crippen LogP contribution is -2.35. The number of halogens is 2. The van der Waals surface area contributed by atoms with Crippen molar-refractivity contribution in [2.45, 2.75) is 19.9 Å². The third-order valence-electron chi connectivity index (χ3n) is 2.36. The number of rotatable bonds is 4. The molecule has 1 aromatic rings. The van der Waals surface area contributed by atoms with Crippen molar-refractivity contribution in [3.63, 3.8) is 0 Å². The van der Waals surface area contributed by atoms with E-state index >= 15 is 0 Å². The van der Waals surface area contributed by atoms with Crippen LogP contribution >= 0.6 is 11.6 Å². The SMILES string of the molecule is C#CC(NC(N)=NCC(C)C)c1ccc(Cl)cc1F. The Balaban J connectivity index is 2.84. The summed E-state index contributed by atoms with van der Waals surface area (Å²) in [6.07, 6.45) is 5.39. The number of hydrogen-bond acceptors (Lipinski definition) is 1. The van der Waals surface area contributed by atoms with Crippen molar-refractivity contribution >= 4 is 17.6 Å². The minimum absolute atomic E-state index is 0.200. The average Bonchev–Trinajstić information content (AvgIpc) is 2.34. The van der Waals surface area contributed by atoms with Crippen molar-refractivity contribution in [1.29, 1.82) is 0 Å². The molecule has 0 aromatic heterocycles. The van der Waals surface area contributed by atoms with Gasteiger partial charge in [0.05, 0.1) is 0 Å². The summed E-state index contributed by atoms with van der Waals surface area (Å²) < 4.78 is 13.8. The second-order valence-corrected chi connectivity index (χ2v) is 4.97. The van der Waals surface area contributed by atoms with Crippen molar-refractivity contribution in [1.82, 2.24) is 5.32 Å². The fourth-order valence-electron chi connectivity index (χ4n) is 1.42. The number of hydrogen-bond donors (Lipinski definition) is 2. The lowest BCUT2D eigenvalue weighted by molar-refractivity contribution is 0.595. The Bertz CT molecular complexity index is 506. The molecule has 1 unspecified atom stereocenters. The van der Waals surface area contributed by atoms with Gasteiger partial charge >= 0.3 is 0 Å². The van der Waals surface area contributed by atoms with Gasteiger partial charge in [-0.25, -0.2) is 4.39 Å². The number of terminal acetylenes is 1. The minimum Gasteiger partial charge on any atom is -0.370 e. The van der Waals surface area contributed by atoms with Gasteiger partial charge in [-0.1, -0.05) is 37.4 Å². The summed E-state index contributed by atoms with van der Waals surface area (Å²) in [6.45, 7) is 4.63. The van der Waals surface area contributed by atoms with Gasteiger partial charge in [0.2, 0.25) is 0 Å². The van der Waals surface area contributed by atoms with Crippen LogP contribution in [-0.4, -0.2) is 12.5 Å². The quantitative estimate of drug-likeness (QED) is 0.506. The average molecular weight is 282 g/mol. The Morgan fingerprint density at radius 2 is 2.26 bits per heavy atom. The molecule has 1 aromatic carbocycles. The van der Waals surface area contributed by atoms with Gasteiger partial charge < -0.3 is 11.1 Å². The predicted molar refractivity (Wildman–Crippen MR) is 77.4 cm³/mol. The second-order valence-electron chi connectivity index (χ2n) is 4.53. The van der Waals surface area contributed by atoms with Gasteiger partial charge in [-0.2, -0.15) is 0 Å². The first-order valence-electron chi connectivity index (χ1n) is 5.91. The van der Waals surface area contributed by atoms with E-state index in [1.807, 2.05) is 13.8 Å². The summed E-state index contributed by atoms with van der Waals surface area (Å²) in [4.78, 5) is 4.12. The first kappa shape index (κ1) is 15.3. The molecule has 1 atom stereocenters. The standard InChI is InChI=1S/C14H17ClFN3/c1-4-13(19-14(17)18-8-9(2)3)11-6-5-10(15)7-12(11)16/h1,5-7,9,13H,8H2,2-3H3,(H3,17,18,19). The number of aliphatic imine (C=N–C) groups is 1. The largest absolute Gasteiger partial charge is 0.370 e. The van der Waals surface area contributed by atoms with E-state index in [4.69, 9.17) is 23.8 Å². The van der Waals surface area contributed by atoms with Gasteiger partial charge in [0.1, 0.15) is 11.9 Å². The highest BCUT2D eigenvalue weighted by Gasteiger charge is 2.14. The summed E-state index contributed by atoms with van der Waals surface area (Å²) in [6, 6.07) is 3.65. The molecule has 0 fully saturated rings. The molecular formula is C14H17ClFN3. The van der Waals surface area contributed by atoms with Gasteiger partial charge in [-0.05, 0) is 18.1 Å². The molecule has 102 valence electrons. The normalized spacial score (nSPS) is 13.2. The number of nitrogens with zero attached hydrogens (tertiary/aromatic N) is 1. The maximum absolute atomic E-state index is 13.8. The topological polar surface area (TPSA) is 50.4 Å². The van der Waals surface area contributed by atoms with Crippen molar-refractivity contribution in [3.8, 4) is 12.3 Å². The highest BCUT2D eigenvalue weighted by atomic mass is 35.5. The Morgan fingerprint density at radius 1 is 1.58 bits per heavy atom. The molecule has 1 rings (SSSR count). The molecule has 0 aliphatic heterocycles. The first-order valence-corrected chi connectivity index (χ1v) is 6.29. The van der Waals surface area contributed by atoms with Crippen molar-refractivity contribution < 1.29 is 4.39 Å². The van der Waals surface area contributed by atoms with Crippen LogP contribution in [0.1, 0.15) is 25.5 Å². The fraction of sp³-hybridized carbons (Fsp3) is 0.357.